The number of para-hydroxylation sites is 2. The number of nitrogens with two attached hydrogens (primary N) is 1. The van der Waals surface area contributed by atoms with Crippen molar-refractivity contribution in [1.29, 1.82) is 0 Å². The van der Waals surface area contributed by atoms with Crippen molar-refractivity contribution < 1.29 is 43.1 Å². The van der Waals surface area contributed by atoms with Crippen LogP contribution in [0.1, 0.15) is 22.3 Å². The molecule has 1 heterocycles. The fourth-order valence-electron chi connectivity index (χ4n) is 6.06. The Morgan fingerprint density at radius 1 is 0.712 bits per heavy atom. The average Bonchev–Trinajstić information content (AvgIpc) is 3.06. The lowest BCUT2D eigenvalue weighted by atomic mass is 9.93. The van der Waals surface area contributed by atoms with Crippen molar-refractivity contribution in [1.82, 2.24) is 0 Å². The molecule has 6 rings (SSSR count). The van der Waals surface area contributed by atoms with Crippen LogP contribution in [0.15, 0.2) is 104 Å². The van der Waals surface area contributed by atoms with Crippen LogP contribution in [0.25, 0.3) is 33.4 Å². The predicted octanol–water partition coefficient (Wildman–Crippen LogP) is 6.45. The van der Waals surface area contributed by atoms with Gasteiger partial charge in [0.1, 0.15) is 21.1 Å². The van der Waals surface area contributed by atoms with Crippen molar-refractivity contribution in [2.45, 2.75) is 37.5 Å². The molecular formula is C35H32N4O10S3. The molecule has 0 bridgehead atoms. The highest BCUT2D eigenvalue weighted by Gasteiger charge is 2.28. The summed E-state index contributed by atoms with van der Waals surface area (Å²) in [4.78, 5) is 3.61. The lowest BCUT2D eigenvalue weighted by Gasteiger charge is -2.21. The van der Waals surface area contributed by atoms with Crippen molar-refractivity contribution >= 4 is 64.3 Å². The van der Waals surface area contributed by atoms with Gasteiger partial charge < -0.3 is 9.73 Å². The molecule has 0 atom stereocenters. The molecular weight excluding hydrogens is 733 g/mol. The summed E-state index contributed by atoms with van der Waals surface area (Å²) >= 11 is 0. The molecule has 2 aliphatic rings. The summed E-state index contributed by atoms with van der Waals surface area (Å²) in [5.74, 6) is 5.26. The van der Waals surface area contributed by atoms with Gasteiger partial charge in [0.05, 0.1) is 22.4 Å². The summed E-state index contributed by atoms with van der Waals surface area (Å²) in [6.45, 7) is 7.27. The Labute approximate surface area is 299 Å². The first-order valence-corrected chi connectivity index (χ1v) is 19.6. The van der Waals surface area contributed by atoms with Gasteiger partial charge in [-0.15, -0.1) is 0 Å². The van der Waals surface area contributed by atoms with E-state index in [0.29, 0.717) is 11.4 Å². The first-order chi connectivity index (χ1) is 24.4. The van der Waals surface area contributed by atoms with E-state index in [1.165, 1.54) is 36.4 Å². The zero-order chi connectivity index (χ0) is 37.7. The highest BCUT2D eigenvalue weighted by molar-refractivity contribution is 7.87. The van der Waals surface area contributed by atoms with Crippen LogP contribution in [0.2, 0.25) is 0 Å². The third kappa shape index (κ3) is 7.15. The molecule has 0 fully saturated rings. The summed E-state index contributed by atoms with van der Waals surface area (Å²) in [7, 11) is -14.5. The lowest BCUT2D eigenvalue weighted by molar-refractivity contribution is 0.332. The molecule has 14 nitrogen and oxygen atoms in total. The maximum Gasteiger partial charge on any atom is 0.357 e. The number of aryl methyl sites for hydroxylation is 4. The Morgan fingerprint density at radius 3 is 1.92 bits per heavy atom. The van der Waals surface area contributed by atoms with Gasteiger partial charge in [0.15, 0.2) is 0 Å². The molecule has 1 aliphatic heterocycles. The molecule has 4 aromatic carbocycles. The average molecular weight is 765 g/mol. The van der Waals surface area contributed by atoms with E-state index in [-0.39, 0.29) is 50.2 Å². The minimum Gasteiger partial charge on any atom is -0.456 e. The highest BCUT2D eigenvalue weighted by Crippen LogP contribution is 2.46. The molecule has 0 unspecified atom stereocenters. The Morgan fingerprint density at radius 2 is 1.33 bits per heavy atom. The van der Waals surface area contributed by atoms with E-state index in [4.69, 9.17) is 10.3 Å². The molecule has 270 valence electrons. The van der Waals surface area contributed by atoms with E-state index in [1.807, 2.05) is 38.1 Å². The summed E-state index contributed by atoms with van der Waals surface area (Å²) < 4.78 is 110. The molecule has 4 aromatic rings. The predicted molar refractivity (Wildman–Crippen MR) is 196 cm³/mol. The van der Waals surface area contributed by atoms with Gasteiger partial charge in [-0.05, 0) is 68.1 Å². The van der Waals surface area contributed by atoms with Crippen molar-refractivity contribution in [3.8, 4) is 22.5 Å². The molecule has 0 radical (unpaired) electrons. The van der Waals surface area contributed by atoms with Crippen molar-refractivity contribution in [2.75, 3.05) is 10.0 Å². The minimum atomic E-state index is -4.89. The van der Waals surface area contributed by atoms with Gasteiger partial charge in [0.2, 0.25) is 0 Å². The summed E-state index contributed by atoms with van der Waals surface area (Å²) in [5.41, 5.74) is 4.10. The molecule has 6 N–H and O–H groups in total. The summed E-state index contributed by atoms with van der Waals surface area (Å²) in [5, 5.41) is 3.13. The number of rotatable bonds is 9. The van der Waals surface area contributed by atoms with Crippen LogP contribution in [-0.2, 0) is 34.8 Å². The van der Waals surface area contributed by atoms with Crippen molar-refractivity contribution in [3.05, 3.63) is 113 Å². The van der Waals surface area contributed by atoms with E-state index in [2.05, 4.69) is 19.3 Å². The fraction of sp³-hybridized carbons (Fsp3) is 0.114. The fourth-order valence-corrected chi connectivity index (χ4v) is 7.93. The van der Waals surface area contributed by atoms with E-state index in [9.17, 15) is 34.4 Å². The maximum atomic E-state index is 13.4. The number of hydrogen-bond acceptors (Lipinski definition) is 11. The molecule has 0 saturated carbocycles. The van der Waals surface area contributed by atoms with E-state index in [0.717, 1.165) is 34.4 Å². The van der Waals surface area contributed by atoms with Crippen LogP contribution in [0, 0.1) is 27.7 Å². The second kappa shape index (κ2) is 13.4. The lowest BCUT2D eigenvalue weighted by Crippen LogP contribution is -2.21. The third-order valence-electron chi connectivity index (χ3n) is 8.42. The van der Waals surface area contributed by atoms with Gasteiger partial charge in [-0.1, -0.05) is 54.6 Å². The van der Waals surface area contributed by atoms with E-state index >= 15 is 0 Å². The summed E-state index contributed by atoms with van der Waals surface area (Å²) in [6.07, 6.45) is 0. The van der Waals surface area contributed by atoms with Crippen LogP contribution in [-0.4, -0.2) is 34.4 Å². The first kappa shape index (κ1) is 36.6. The van der Waals surface area contributed by atoms with Gasteiger partial charge >= 0.3 is 20.4 Å². The van der Waals surface area contributed by atoms with Crippen LogP contribution in [0.4, 0.5) is 22.7 Å². The van der Waals surface area contributed by atoms with Crippen LogP contribution >= 0.6 is 0 Å². The largest absolute Gasteiger partial charge is 0.456 e. The van der Waals surface area contributed by atoms with Gasteiger partial charge in [0, 0.05) is 39.9 Å². The monoisotopic (exact) mass is 764 g/mol. The second-order valence-electron chi connectivity index (χ2n) is 12.0. The second-order valence-corrected chi connectivity index (χ2v) is 16.1. The standard InChI is InChI=1S/C35H32N4O10S3/c1-19-9-7-10-20(2)34(19)37-26-17-29-24(15-27(26)39-52(45,46)47)33(23-13-5-6-14-31(23)50(40,41)42)25-16-32(51(43,44)49-36)28(18-30(25)48-29)38-35-21(3)11-8-12-22(35)4/h5-18,37,39H,36H2,1-4H3,(H,40,41,42)(H,45,46,47)/b38-28+. The SMILES string of the molecule is Cc1cccc(C)c1/N=c1\cc2oc3cc(Nc4c(C)cccc4C)c(NS(=O)(=O)O)cc3c(-c3ccccc3S(=O)(=O)O)c-2cc1S(=O)(=O)ON. The van der Waals surface area contributed by atoms with Gasteiger partial charge in [-0.2, -0.15) is 35.4 Å². The quantitative estimate of drug-likeness (QED) is 0.0608. The Kier molecular flexibility index (Phi) is 9.47. The topological polar surface area (TPSA) is 228 Å². The van der Waals surface area contributed by atoms with Crippen molar-refractivity contribution in [2.24, 2.45) is 10.9 Å². The molecule has 0 saturated heterocycles. The van der Waals surface area contributed by atoms with Crippen LogP contribution in [0.3, 0.4) is 0 Å². The summed E-state index contributed by atoms with van der Waals surface area (Å²) in [6, 6.07) is 21.5. The third-order valence-corrected chi connectivity index (χ3v) is 10.9. The zero-order valence-electron chi connectivity index (χ0n) is 28.0. The number of fused-ring (bicyclic) bond motifs is 2. The molecule has 0 aromatic heterocycles. The Balaban J connectivity index is 1.83. The normalized spacial score (nSPS) is 12.8. The smallest absolute Gasteiger partial charge is 0.357 e. The van der Waals surface area contributed by atoms with Gasteiger partial charge in [-0.3, -0.25) is 13.8 Å². The molecule has 0 amide bonds. The molecule has 52 heavy (non-hydrogen) atoms. The molecule has 0 spiro atoms. The highest BCUT2D eigenvalue weighted by atomic mass is 32.2. The van der Waals surface area contributed by atoms with Gasteiger partial charge in [0.25, 0.3) is 10.1 Å². The zero-order valence-corrected chi connectivity index (χ0v) is 30.4. The molecule has 17 heteroatoms. The Hall–Kier alpha value is -5.14. The minimum absolute atomic E-state index is 0.00653. The van der Waals surface area contributed by atoms with E-state index in [1.54, 1.807) is 26.0 Å². The number of hydrogen-bond donors (Lipinski definition) is 5. The van der Waals surface area contributed by atoms with E-state index < -0.39 is 40.3 Å². The van der Waals surface area contributed by atoms with Crippen molar-refractivity contribution in [3.63, 3.8) is 0 Å². The van der Waals surface area contributed by atoms with Crippen LogP contribution < -0.4 is 21.3 Å². The van der Waals surface area contributed by atoms with Gasteiger partial charge in [-0.25, -0.2) is 4.99 Å². The van der Waals surface area contributed by atoms with Crippen LogP contribution in [0.5, 0.6) is 0 Å². The number of benzene rings is 5. The Bertz CT molecular complexity index is 2760. The maximum absolute atomic E-state index is 13.4. The number of nitrogens with zero attached hydrogens (tertiary/aromatic N) is 1. The molecule has 1 aliphatic carbocycles. The number of anilines is 3. The number of nitrogens with one attached hydrogen (secondary N) is 2. The first-order valence-electron chi connectivity index (χ1n) is 15.4.